The predicted molar refractivity (Wildman–Crippen MR) is 66.3 cm³/mol. The summed E-state index contributed by atoms with van der Waals surface area (Å²) < 4.78 is 0. The summed E-state index contributed by atoms with van der Waals surface area (Å²) in [6.07, 6.45) is 3.43. The first kappa shape index (κ1) is 11.9. The maximum atomic E-state index is 12.0. The van der Waals surface area contributed by atoms with Crippen molar-refractivity contribution in [2.24, 2.45) is 11.8 Å². The molecule has 0 spiro atoms. The molecule has 2 atom stereocenters. The third-order valence-corrected chi connectivity index (χ3v) is 3.31. The Morgan fingerprint density at radius 2 is 2.29 bits per heavy atom. The second kappa shape index (κ2) is 5.14. The van der Waals surface area contributed by atoms with Crippen LogP contribution in [0.15, 0.2) is 18.2 Å². The molecule has 0 radical (unpaired) electrons. The standard InChI is InChI=1S/C12H18N4O/c1-8-4-2-5-9(8)15-12(17)10-6-3-7-11(14-10)16-13/h3,6-9H,2,4-5,13H2,1H3,(H,14,16)(H,15,17). The lowest BCUT2D eigenvalue weighted by molar-refractivity contribution is 0.0924. The third kappa shape index (κ3) is 2.74. The van der Waals surface area contributed by atoms with Gasteiger partial charge in [-0.05, 0) is 30.9 Å². The number of nitrogen functional groups attached to an aromatic ring is 1. The molecule has 1 aliphatic rings. The summed E-state index contributed by atoms with van der Waals surface area (Å²) in [5.41, 5.74) is 2.84. The van der Waals surface area contributed by atoms with Crippen LogP contribution >= 0.6 is 0 Å². The number of carbonyl (C=O) groups is 1. The molecule has 5 heteroatoms. The number of nitrogens with one attached hydrogen (secondary N) is 2. The Balaban J connectivity index is 2.03. The van der Waals surface area contributed by atoms with Crippen molar-refractivity contribution in [3.05, 3.63) is 23.9 Å². The molecule has 1 aromatic heterocycles. The first-order valence-corrected chi connectivity index (χ1v) is 5.95. The fraction of sp³-hybridized carbons (Fsp3) is 0.500. The summed E-state index contributed by atoms with van der Waals surface area (Å²) in [7, 11) is 0. The zero-order chi connectivity index (χ0) is 12.3. The van der Waals surface area contributed by atoms with Crippen LogP contribution in [0.3, 0.4) is 0 Å². The molecule has 1 saturated carbocycles. The quantitative estimate of drug-likeness (QED) is 0.544. The van der Waals surface area contributed by atoms with Crippen LogP contribution in [0.1, 0.15) is 36.7 Å². The van der Waals surface area contributed by atoms with Gasteiger partial charge >= 0.3 is 0 Å². The zero-order valence-corrected chi connectivity index (χ0v) is 9.94. The molecule has 17 heavy (non-hydrogen) atoms. The smallest absolute Gasteiger partial charge is 0.270 e. The van der Waals surface area contributed by atoms with E-state index in [1.807, 2.05) is 0 Å². The highest BCUT2D eigenvalue weighted by molar-refractivity contribution is 5.92. The van der Waals surface area contributed by atoms with Gasteiger partial charge in [-0.3, -0.25) is 4.79 Å². The number of amides is 1. The number of carbonyl (C=O) groups excluding carboxylic acids is 1. The topological polar surface area (TPSA) is 80.0 Å². The number of aromatic nitrogens is 1. The highest BCUT2D eigenvalue weighted by Crippen LogP contribution is 2.24. The Morgan fingerprint density at radius 1 is 1.47 bits per heavy atom. The van der Waals surface area contributed by atoms with Crippen LogP contribution in [0.2, 0.25) is 0 Å². The number of pyridine rings is 1. The van der Waals surface area contributed by atoms with Gasteiger partial charge in [0.25, 0.3) is 5.91 Å². The Bertz CT molecular complexity index is 407. The number of nitrogens with two attached hydrogens (primary N) is 1. The normalized spacial score (nSPS) is 23.4. The van der Waals surface area contributed by atoms with Crippen molar-refractivity contribution in [1.29, 1.82) is 0 Å². The van der Waals surface area contributed by atoms with Gasteiger partial charge < -0.3 is 10.7 Å². The van der Waals surface area contributed by atoms with Crippen LogP contribution in [-0.2, 0) is 0 Å². The maximum absolute atomic E-state index is 12.0. The van der Waals surface area contributed by atoms with Gasteiger partial charge in [-0.1, -0.05) is 19.4 Å². The molecular formula is C12H18N4O. The van der Waals surface area contributed by atoms with Crippen molar-refractivity contribution in [2.45, 2.75) is 32.2 Å². The van der Waals surface area contributed by atoms with E-state index in [9.17, 15) is 4.79 Å². The predicted octanol–water partition coefficient (Wildman–Crippen LogP) is 1.29. The number of nitrogens with zero attached hydrogens (tertiary/aromatic N) is 1. The summed E-state index contributed by atoms with van der Waals surface area (Å²) in [6.45, 7) is 2.17. The van der Waals surface area contributed by atoms with Crippen LogP contribution in [0.25, 0.3) is 0 Å². The third-order valence-electron chi connectivity index (χ3n) is 3.31. The molecular weight excluding hydrogens is 216 g/mol. The molecule has 0 aromatic carbocycles. The molecule has 0 saturated heterocycles. The van der Waals surface area contributed by atoms with E-state index in [0.717, 1.165) is 6.42 Å². The lowest BCUT2D eigenvalue weighted by Gasteiger charge is -2.17. The number of rotatable bonds is 3. The molecule has 1 heterocycles. The van der Waals surface area contributed by atoms with E-state index >= 15 is 0 Å². The van der Waals surface area contributed by atoms with E-state index in [0.29, 0.717) is 17.4 Å². The van der Waals surface area contributed by atoms with Gasteiger partial charge in [0.05, 0.1) is 0 Å². The fourth-order valence-electron chi connectivity index (χ4n) is 2.24. The number of hydrogen-bond donors (Lipinski definition) is 3. The van der Waals surface area contributed by atoms with Gasteiger partial charge in [0.2, 0.25) is 0 Å². The minimum Gasteiger partial charge on any atom is -0.348 e. The summed E-state index contributed by atoms with van der Waals surface area (Å²) in [5.74, 6) is 6.18. The van der Waals surface area contributed by atoms with E-state index < -0.39 is 0 Å². The van der Waals surface area contributed by atoms with Crippen LogP contribution in [0.5, 0.6) is 0 Å². The van der Waals surface area contributed by atoms with E-state index in [2.05, 4.69) is 22.7 Å². The molecule has 4 N–H and O–H groups in total. The molecule has 2 unspecified atom stereocenters. The second-order valence-electron chi connectivity index (χ2n) is 4.54. The minimum absolute atomic E-state index is 0.124. The number of hydrogen-bond acceptors (Lipinski definition) is 4. The van der Waals surface area contributed by atoms with Crippen LogP contribution in [-0.4, -0.2) is 16.9 Å². The van der Waals surface area contributed by atoms with E-state index in [1.165, 1.54) is 12.8 Å². The molecule has 1 aliphatic carbocycles. The summed E-state index contributed by atoms with van der Waals surface area (Å²) in [4.78, 5) is 16.1. The largest absolute Gasteiger partial charge is 0.348 e. The van der Waals surface area contributed by atoms with Crippen LogP contribution in [0.4, 0.5) is 5.82 Å². The highest BCUT2D eigenvalue weighted by Gasteiger charge is 2.25. The van der Waals surface area contributed by atoms with Gasteiger partial charge in [-0.25, -0.2) is 10.8 Å². The Labute approximate surface area is 101 Å². The molecule has 92 valence electrons. The van der Waals surface area contributed by atoms with Gasteiger partial charge in [-0.2, -0.15) is 0 Å². The SMILES string of the molecule is CC1CCCC1NC(=O)c1cccc(NN)n1. The maximum Gasteiger partial charge on any atom is 0.270 e. The fourth-order valence-corrected chi connectivity index (χ4v) is 2.24. The van der Waals surface area contributed by atoms with E-state index in [1.54, 1.807) is 18.2 Å². The molecule has 1 amide bonds. The van der Waals surface area contributed by atoms with Crippen molar-refractivity contribution < 1.29 is 4.79 Å². The summed E-state index contributed by atoms with van der Waals surface area (Å²) >= 11 is 0. The van der Waals surface area contributed by atoms with Crippen molar-refractivity contribution in [1.82, 2.24) is 10.3 Å². The van der Waals surface area contributed by atoms with E-state index in [4.69, 9.17) is 5.84 Å². The van der Waals surface area contributed by atoms with E-state index in [-0.39, 0.29) is 11.9 Å². The van der Waals surface area contributed by atoms with Gasteiger partial charge in [-0.15, -0.1) is 0 Å². The molecule has 0 bridgehead atoms. The van der Waals surface area contributed by atoms with Crippen LogP contribution < -0.4 is 16.6 Å². The van der Waals surface area contributed by atoms with Crippen molar-refractivity contribution >= 4 is 11.7 Å². The molecule has 1 fully saturated rings. The molecule has 5 nitrogen and oxygen atoms in total. The zero-order valence-electron chi connectivity index (χ0n) is 9.94. The van der Waals surface area contributed by atoms with Gasteiger partial charge in [0.1, 0.15) is 11.5 Å². The molecule has 1 aromatic rings. The Hall–Kier alpha value is -1.62. The van der Waals surface area contributed by atoms with Gasteiger partial charge in [0, 0.05) is 6.04 Å². The van der Waals surface area contributed by atoms with Crippen LogP contribution in [0, 0.1) is 5.92 Å². The average molecular weight is 234 g/mol. The first-order valence-electron chi connectivity index (χ1n) is 5.95. The minimum atomic E-state index is -0.124. The first-order chi connectivity index (χ1) is 8.20. The Kier molecular flexibility index (Phi) is 3.58. The molecule has 2 rings (SSSR count). The highest BCUT2D eigenvalue weighted by atomic mass is 16.1. The van der Waals surface area contributed by atoms with Crippen molar-refractivity contribution in [3.63, 3.8) is 0 Å². The number of anilines is 1. The second-order valence-corrected chi connectivity index (χ2v) is 4.54. The summed E-state index contributed by atoms with van der Waals surface area (Å²) in [6, 6.07) is 5.44. The number of hydrazine groups is 1. The lowest BCUT2D eigenvalue weighted by Crippen LogP contribution is -2.36. The van der Waals surface area contributed by atoms with Crippen molar-refractivity contribution in [3.8, 4) is 0 Å². The monoisotopic (exact) mass is 234 g/mol. The summed E-state index contributed by atoms with van der Waals surface area (Å²) in [5, 5.41) is 3.03. The average Bonchev–Trinajstić information content (AvgIpc) is 2.75. The van der Waals surface area contributed by atoms with Gasteiger partial charge in [0.15, 0.2) is 0 Å². The lowest BCUT2D eigenvalue weighted by atomic mass is 10.1. The Morgan fingerprint density at radius 3 is 2.94 bits per heavy atom. The van der Waals surface area contributed by atoms with Crippen molar-refractivity contribution in [2.75, 3.05) is 5.43 Å². The molecule has 0 aliphatic heterocycles.